The molecule has 2 nitrogen and oxygen atoms in total. The number of aromatic nitrogens is 1. The van der Waals surface area contributed by atoms with Crippen LogP contribution in [-0.4, -0.2) is 12.0 Å². The fraction of sp³-hybridized carbons (Fsp3) is 0.0500. The van der Waals surface area contributed by atoms with Gasteiger partial charge in [-0.3, -0.25) is 0 Å². The van der Waals surface area contributed by atoms with E-state index in [1.807, 2.05) is 42.5 Å². The summed E-state index contributed by atoms with van der Waals surface area (Å²) in [6.07, 6.45) is 0. The summed E-state index contributed by atoms with van der Waals surface area (Å²) < 4.78 is 0. The van der Waals surface area contributed by atoms with Gasteiger partial charge < -0.3 is 4.90 Å². The second-order valence-electron chi connectivity index (χ2n) is 5.57. The lowest BCUT2D eigenvalue weighted by Crippen LogP contribution is -2.08. The average molecular weight is 319 g/mol. The highest BCUT2D eigenvalue weighted by Crippen LogP contribution is 2.29. The molecule has 112 valence electrons. The highest BCUT2D eigenvalue weighted by molar-refractivity contribution is 6.35. The molecule has 0 aliphatic carbocycles. The first kappa shape index (κ1) is 14.0. The lowest BCUT2D eigenvalue weighted by Gasteiger charge is -2.20. The van der Waals surface area contributed by atoms with Crippen molar-refractivity contribution in [2.24, 2.45) is 0 Å². The quantitative estimate of drug-likeness (QED) is 0.434. The first-order valence-electron chi connectivity index (χ1n) is 7.50. The molecule has 4 aromatic rings. The predicted molar refractivity (Wildman–Crippen MR) is 98.8 cm³/mol. The van der Waals surface area contributed by atoms with E-state index in [0.717, 1.165) is 33.2 Å². The molecule has 1 aromatic heterocycles. The summed E-state index contributed by atoms with van der Waals surface area (Å²) in [6.45, 7) is 0. The van der Waals surface area contributed by atoms with Gasteiger partial charge in [0, 0.05) is 29.2 Å². The number of fused-ring (bicyclic) bond motifs is 2. The van der Waals surface area contributed by atoms with Gasteiger partial charge in [0.2, 0.25) is 0 Å². The van der Waals surface area contributed by atoms with Crippen LogP contribution in [0.1, 0.15) is 0 Å². The van der Waals surface area contributed by atoms with Gasteiger partial charge in [-0.25, -0.2) is 4.98 Å². The van der Waals surface area contributed by atoms with Crippen molar-refractivity contribution in [3.8, 4) is 0 Å². The number of hydrogen-bond donors (Lipinski definition) is 0. The fourth-order valence-electron chi connectivity index (χ4n) is 2.82. The summed E-state index contributed by atoms with van der Waals surface area (Å²) in [4.78, 5) is 6.87. The Balaban J connectivity index is 1.86. The van der Waals surface area contributed by atoms with Gasteiger partial charge in [0.1, 0.15) is 0 Å². The van der Waals surface area contributed by atoms with Gasteiger partial charge in [-0.2, -0.15) is 0 Å². The van der Waals surface area contributed by atoms with E-state index in [-0.39, 0.29) is 0 Å². The van der Waals surface area contributed by atoms with Crippen LogP contribution in [-0.2, 0) is 0 Å². The van der Waals surface area contributed by atoms with Crippen molar-refractivity contribution >= 4 is 44.8 Å². The normalized spacial score (nSPS) is 11.0. The largest absolute Gasteiger partial charge is 0.345 e. The zero-order chi connectivity index (χ0) is 15.8. The van der Waals surface area contributed by atoms with Gasteiger partial charge >= 0.3 is 0 Å². The molecule has 0 amide bonds. The Hall–Kier alpha value is -2.58. The van der Waals surface area contributed by atoms with Crippen LogP contribution in [0.2, 0.25) is 5.02 Å². The van der Waals surface area contributed by atoms with Gasteiger partial charge in [0.15, 0.2) is 0 Å². The fourth-order valence-corrected chi connectivity index (χ4v) is 3.05. The molecular weight excluding hydrogens is 304 g/mol. The van der Waals surface area contributed by atoms with Crippen LogP contribution in [0.3, 0.4) is 0 Å². The van der Waals surface area contributed by atoms with E-state index in [0.29, 0.717) is 5.02 Å². The summed E-state index contributed by atoms with van der Waals surface area (Å²) in [5.41, 5.74) is 4.09. The number of para-hydroxylation sites is 2. The van der Waals surface area contributed by atoms with E-state index in [1.54, 1.807) is 0 Å². The number of anilines is 2. The van der Waals surface area contributed by atoms with Crippen LogP contribution in [0, 0.1) is 0 Å². The Morgan fingerprint density at radius 3 is 2.43 bits per heavy atom. The van der Waals surface area contributed by atoms with Crippen molar-refractivity contribution in [2.75, 3.05) is 11.9 Å². The van der Waals surface area contributed by atoms with Crippen LogP contribution in [0.25, 0.3) is 21.8 Å². The number of pyridine rings is 1. The van der Waals surface area contributed by atoms with E-state index in [9.17, 15) is 0 Å². The Morgan fingerprint density at radius 1 is 0.783 bits per heavy atom. The standard InChI is InChI=1S/C20H15ClN2/c1-23(16-7-3-2-4-8-16)17-10-11-19-15(13-17)12-14-6-5-9-18(21)20(14)22-19/h2-13H,1H3. The lowest BCUT2D eigenvalue weighted by molar-refractivity contribution is 1.21. The molecule has 0 fully saturated rings. The topological polar surface area (TPSA) is 16.1 Å². The molecule has 0 aliphatic rings. The summed E-state index contributed by atoms with van der Waals surface area (Å²) >= 11 is 6.25. The maximum atomic E-state index is 6.25. The van der Waals surface area contributed by atoms with Crippen molar-refractivity contribution in [3.63, 3.8) is 0 Å². The van der Waals surface area contributed by atoms with Crippen molar-refractivity contribution < 1.29 is 0 Å². The second kappa shape index (κ2) is 5.56. The minimum Gasteiger partial charge on any atom is -0.345 e. The molecule has 0 saturated heterocycles. The van der Waals surface area contributed by atoms with Crippen molar-refractivity contribution in [1.29, 1.82) is 0 Å². The molecule has 1 heterocycles. The van der Waals surface area contributed by atoms with Gasteiger partial charge in [-0.1, -0.05) is 41.9 Å². The summed E-state index contributed by atoms with van der Waals surface area (Å²) in [7, 11) is 2.07. The predicted octanol–water partition coefficient (Wildman–Crippen LogP) is 5.81. The smallest absolute Gasteiger partial charge is 0.0895 e. The van der Waals surface area contributed by atoms with Crippen LogP contribution in [0.5, 0.6) is 0 Å². The third kappa shape index (κ3) is 2.51. The third-order valence-electron chi connectivity index (χ3n) is 4.10. The van der Waals surface area contributed by atoms with Crippen molar-refractivity contribution in [3.05, 3.63) is 77.8 Å². The number of halogens is 1. The van der Waals surface area contributed by atoms with Crippen molar-refractivity contribution in [2.45, 2.75) is 0 Å². The number of benzene rings is 3. The molecule has 23 heavy (non-hydrogen) atoms. The third-order valence-corrected chi connectivity index (χ3v) is 4.41. The Bertz CT molecular complexity index is 996. The van der Waals surface area contributed by atoms with E-state index in [1.165, 1.54) is 0 Å². The Kier molecular flexibility index (Phi) is 3.40. The Morgan fingerprint density at radius 2 is 1.61 bits per heavy atom. The van der Waals surface area contributed by atoms with Crippen LogP contribution in [0.15, 0.2) is 72.8 Å². The maximum absolute atomic E-state index is 6.25. The molecule has 0 atom stereocenters. The molecule has 0 saturated carbocycles. The minimum absolute atomic E-state index is 0.690. The molecule has 0 bridgehead atoms. The van der Waals surface area contributed by atoms with Gasteiger partial charge in [0.05, 0.1) is 16.1 Å². The van der Waals surface area contributed by atoms with Crippen molar-refractivity contribution in [1.82, 2.24) is 4.98 Å². The minimum atomic E-state index is 0.690. The van der Waals surface area contributed by atoms with Gasteiger partial charge in [0.25, 0.3) is 0 Å². The Labute approximate surface area is 139 Å². The van der Waals surface area contributed by atoms with Gasteiger partial charge in [-0.05, 0) is 42.5 Å². The molecule has 3 heteroatoms. The van der Waals surface area contributed by atoms with E-state index < -0.39 is 0 Å². The molecule has 0 radical (unpaired) electrons. The number of nitrogens with zero attached hydrogens (tertiary/aromatic N) is 2. The van der Waals surface area contributed by atoms with E-state index in [4.69, 9.17) is 16.6 Å². The highest BCUT2D eigenvalue weighted by Gasteiger charge is 2.07. The first-order chi connectivity index (χ1) is 11.2. The van der Waals surface area contributed by atoms with Gasteiger partial charge in [-0.15, -0.1) is 0 Å². The SMILES string of the molecule is CN(c1ccccc1)c1ccc2nc3c(Cl)cccc3cc2c1. The monoisotopic (exact) mass is 318 g/mol. The van der Waals surface area contributed by atoms with E-state index >= 15 is 0 Å². The van der Waals surface area contributed by atoms with Crippen LogP contribution >= 0.6 is 11.6 Å². The number of hydrogen-bond acceptors (Lipinski definition) is 2. The first-order valence-corrected chi connectivity index (χ1v) is 7.88. The maximum Gasteiger partial charge on any atom is 0.0895 e. The summed E-state index contributed by atoms with van der Waals surface area (Å²) in [5.74, 6) is 0. The molecule has 0 aliphatic heterocycles. The summed E-state index contributed by atoms with van der Waals surface area (Å²) in [6, 6.07) is 24.6. The van der Waals surface area contributed by atoms with E-state index in [2.05, 4.69) is 42.3 Å². The van der Waals surface area contributed by atoms with Crippen LogP contribution in [0.4, 0.5) is 11.4 Å². The average Bonchev–Trinajstić information content (AvgIpc) is 2.60. The summed E-state index contributed by atoms with van der Waals surface area (Å²) in [5, 5.41) is 2.86. The molecule has 3 aromatic carbocycles. The molecule has 4 rings (SSSR count). The molecule has 0 spiro atoms. The second-order valence-corrected chi connectivity index (χ2v) is 5.98. The highest BCUT2D eigenvalue weighted by atomic mass is 35.5. The molecule has 0 unspecified atom stereocenters. The zero-order valence-corrected chi connectivity index (χ0v) is 13.5. The molecular formula is C20H15ClN2. The lowest BCUT2D eigenvalue weighted by atomic mass is 10.1. The number of rotatable bonds is 2. The van der Waals surface area contributed by atoms with Crippen LogP contribution < -0.4 is 4.90 Å². The zero-order valence-electron chi connectivity index (χ0n) is 12.7. The molecule has 0 N–H and O–H groups in total.